The van der Waals surface area contributed by atoms with Gasteiger partial charge in [-0.1, -0.05) is 19.9 Å². The predicted molar refractivity (Wildman–Crippen MR) is 117 cm³/mol. The first-order valence-corrected chi connectivity index (χ1v) is 10.8. The summed E-state index contributed by atoms with van der Waals surface area (Å²) in [5, 5.41) is 0.241. The van der Waals surface area contributed by atoms with Crippen LogP contribution in [0.1, 0.15) is 44.0 Å². The third-order valence-electron chi connectivity index (χ3n) is 5.41. The highest BCUT2D eigenvalue weighted by molar-refractivity contribution is 5.93. The van der Waals surface area contributed by atoms with Gasteiger partial charge >= 0.3 is 5.97 Å². The molecule has 168 valence electrons. The average Bonchev–Trinajstić information content (AvgIpc) is 3.29. The first-order valence-electron chi connectivity index (χ1n) is 10.8. The zero-order valence-corrected chi connectivity index (χ0v) is 18.4. The van der Waals surface area contributed by atoms with Crippen LogP contribution in [0.25, 0.3) is 16.7 Å². The number of carbonyl (C=O) groups is 2. The van der Waals surface area contributed by atoms with Gasteiger partial charge in [-0.2, -0.15) is 4.99 Å². The monoisotopic (exact) mass is 438 g/mol. The minimum Gasteiger partial charge on any atom is -0.462 e. The van der Waals surface area contributed by atoms with E-state index in [9.17, 15) is 14.4 Å². The lowest BCUT2D eigenvalue weighted by atomic mass is 10.1. The van der Waals surface area contributed by atoms with Crippen molar-refractivity contribution in [3.8, 4) is 0 Å². The van der Waals surface area contributed by atoms with Crippen molar-refractivity contribution in [3.05, 3.63) is 51.9 Å². The van der Waals surface area contributed by atoms with Crippen LogP contribution >= 0.6 is 0 Å². The smallest absolute Gasteiger partial charge is 0.341 e. The summed E-state index contributed by atoms with van der Waals surface area (Å²) in [5.74, 6) is -1.40. The van der Waals surface area contributed by atoms with Gasteiger partial charge in [-0.25, -0.2) is 9.78 Å². The first kappa shape index (κ1) is 21.9. The van der Waals surface area contributed by atoms with E-state index in [1.807, 2.05) is 0 Å². The number of hydrogen-bond acceptors (Lipinski definition) is 6. The fourth-order valence-electron chi connectivity index (χ4n) is 3.76. The number of carbonyl (C=O) groups excluding carboxylic acids is 2. The minimum atomic E-state index is -0.650. The second-order valence-electron chi connectivity index (χ2n) is 8.04. The summed E-state index contributed by atoms with van der Waals surface area (Å²) < 4.78 is 14.1. The molecule has 1 aliphatic heterocycles. The van der Waals surface area contributed by atoms with Crippen LogP contribution in [0.15, 0.2) is 40.2 Å². The molecular formula is C23H26N4O5. The molecule has 1 amide bonds. The lowest BCUT2D eigenvalue weighted by Crippen LogP contribution is -2.35. The lowest BCUT2D eigenvalue weighted by Gasteiger charge is -2.18. The molecule has 4 heterocycles. The number of pyridine rings is 2. The van der Waals surface area contributed by atoms with E-state index in [2.05, 4.69) is 9.98 Å². The molecular weight excluding hydrogens is 412 g/mol. The molecule has 3 aromatic rings. The molecule has 3 aromatic heterocycles. The molecule has 9 nitrogen and oxygen atoms in total. The Hall–Kier alpha value is -3.33. The van der Waals surface area contributed by atoms with Crippen LogP contribution in [0.5, 0.6) is 0 Å². The fourth-order valence-corrected chi connectivity index (χ4v) is 3.76. The SMILES string of the molecule is CCOC(=O)c1cc2c(=O)n3ccccc3nc2n(C[C@@H]2CCCO2)c1=NC(=O)C(C)C. The van der Waals surface area contributed by atoms with Crippen molar-refractivity contribution in [3.63, 3.8) is 0 Å². The number of fused-ring (bicyclic) bond motifs is 2. The van der Waals surface area contributed by atoms with Crippen molar-refractivity contribution in [2.75, 3.05) is 13.2 Å². The Labute approximate surface area is 184 Å². The third-order valence-corrected chi connectivity index (χ3v) is 5.41. The highest BCUT2D eigenvalue weighted by Crippen LogP contribution is 2.17. The van der Waals surface area contributed by atoms with E-state index in [4.69, 9.17) is 9.47 Å². The molecule has 0 aliphatic carbocycles. The van der Waals surface area contributed by atoms with Gasteiger partial charge in [0.2, 0.25) is 5.91 Å². The molecule has 9 heteroatoms. The van der Waals surface area contributed by atoms with E-state index >= 15 is 0 Å². The fraction of sp³-hybridized carbons (Fsp3) is 0.435. The van der Waals surface area contributed by atoms with E-state index in [1.54, 1.807) is 49.7 Å². The van der Waals surface area contributed by atoms with Crippen LogP contribution in [-0.2, 0) is 20.8 Å². The first-order chi connectivity index (χ1) is 15.4. The predicted octanol–water partition coefficient (Wildman–Crippen LogP) is 2.09. The molecule has 32 heavy (non-hydrogen) atoms. The summed E-state index contributed by atoms with van der Waals surface area (Å²) in [6.45, 7) is 6.26. The van der Waals surface area contributed by atoms with Gasteiger partial charge in [0, 0.05) is 18.7 Å². The molecule has 4 rings (SSSR count). The molecule has 1 atom stereocenters. The quantitative estimate of drug-likeness (QED) is 0.446. The van der Waals surface area contributed by atoms with Gasteiger partial charge in [-0.15, -0.1) is 0 Å². The Morgan fingerprint density at radius 3 is 2.84 bits per heavy atom. The Morgan fingerprint density at radius 1 is 1.34 bits per heavy atom. The molecule has 0 aromatic carbocycles. The Kier molecular flexibility index (Phi) is 6.18. The summed E-state index contributed by atoms with van der Waals surface area (Å²) in [6, 6.07) is 6.69. The minimum absolute atomic E-state index is 0.0566. The summed E-state index contributed by atoms with van der Waals surface area (Å²) in [6.07, 6.45) is 3.22. The van der Waals surface area contributed by atoms with Crippen LogP contribution in [0.4, 0.5) is 0 Å². The Morgan fingerprint density at radius 2 is 2.16 bits per heavy atom. The summed E-state index contributed by atoms with van der Waals surface area (Å²) in [4.78, 5) is 47.7. The molecule has 0 bridgehead atoms. The second kappa shape index (κ2) is 9.04. The van der Waals surface area contributed by atoms with Gasteiger partial charge in [-0.3, -0.25) is 14.0 Å². The maximum Gasteiger partial charge on any atom is 0.341 e. The van der Waals surface area contributed by atoms with Gasteiger partial charge in [0.05, 0.1) is 24.6 Å². The van der Waals surface area contributed by atoms with E-state index < -0.39 is 5.97 Å². The van der Waals surface area contributed by atoms with Crippen LogP contribution in [0.2, 0.25) is 0 Å². The topological polar surface area (TPSA) is 104 Å². The normalized spacial score (nSPS) is 16.9. The second-order valence-corrected chi connectivity index (χ2v) is 8.04. The van der Waals surface area contributed by atoms with Gasteiger partial charge in [-0.05, 0) is 38.0 Å². The number of nitrogens with zero attached hydrogens (tertiary/aromatic N) is 4. The van der Waals surface area contributed by atoms with Crippen molar-refractivity contribution >= 4 is 28.6 Å². The number of aromatic nitrogens is 3. The summed E-state index contributed by atoms with van der Waals surface area (Å²) in [7, 11) is 0. The van der Waals surface area contributed by atoms with Crippen LogP contribution < -0.4 is 11.0 Å². The number of hydrogen-bond donors (Lipinski definition) is 0. The lowest BCUT2D eigenvalue weighted by molar-refractivity contribution is -0.120. The zero-order chi connectivity index (χ0) is 22.8. The number of ether oxygens (including phenoxy) is 2. The molecule has 0 spiro atoms. The Balaban J connectivity index is 2.12. The van der Waals surface area contributed by atoms with Gasteiger partial charge in [0.25, 0.3) is 5.56 Å². The molecule has 0 N–H and O–H groups in total. The molecule has 1 fully saturated rings. The standard InChI is InChI=1S/C23H26N4O5/c1-4-31-23(30)17-12-16-19(24-18-9-5-6-10-26(18)22(16)29)27(13-15-8-7-11-32-15)20(17)25-21(28)14(2)3/h5-6,9-10,12,14-15H,4,7-8,11,13H2,1-3H3/t15-/m0/s1. The zero-order valence-electron chi connectivity index (χ0n) is 18.4. The van der Waals surface area contributed by atoms with Crippen LogP contribution in [0, 0.1) is 5.92 Å². The molecule has 0 radical (unpaired) electrons. The van der Waals surface area contributed by atoms with Crippen LogP contribution in [0.3, 0.4) is 0 Å². The molecule has 0 saturated carbocycles. The van der Waals surface area contributed by atoms with Gasteiger partial charge < -0.3 is 14.0 Å². The summed E-state index contributed by atoms with van der Waals surface area (Å²) >= 11 is 0. The number of amides is 1. The van der Waals surface area contributed by atoms with Crippen molar-refractivity contribution in [1.29, 1.82) is 0 Å². The van der Waals surface area contributed by atoms with Crippen molar-refractivity contribution in [2.24, 2.45) is 10.9 Å². The summed E-state index contributed by atoms with van der Waals surface area (Å²) in [5.41, 5.74) is 0.675. The van der Waals surface area contributed by atoms with Crippen molar-refractivity contribution in [1.82, 2.24) is 14.0 Å². The Bertz CT molecular complexity index is 1320. The van der Waals surface area contributed by atoms with Crippen LogP contribution in [-0.4, -0.2) is 45.1 Å². The highest BCUT2D eigenvalue weighted by atomic mass is 16.5. The van der Waals surface area contributed by atoms with Crippen molar-refractivity contribution < 1.29 is 19.1 Å². The molecule has 1 aliphatic rings. The average molecular weight is 438 g/mol. The van der Waals surface area contributed by atoms with Gasteiger partial charge in [0.15, 0.2) is 5.49 Å². The maximum absolute atomic E-state index is 13.3. The van der Waals surface area contributed by atoms with Crippen molar-refractivity contribution in [2.45, 2.75) is 46.3 Å². The maximum atomic E-state index is 13.3. The van der Waals surface area contributed by atoms with E-state index in [0.29, 0.717) is 24.4 Å². The van der Waals surface area contributed by atoms with E-state index in [1.165, 1.54) is 10.5 Å². The highest BCUT2D eigenvalue weighted by Gasteiger charge is 2.24. The number of esters is 1. The van der Waals surface area contributed by atoms with E-state index in [0.717, 1.165) is 12.8 Å². The third kappa shape index (κ3) is 4.08. The van der Waals surface area contributed by atoms with Gasteiger partial charge in [0.1, 0.15) is 16.9 Å². The number of rotatable bonds is 5. The molecule has 1 saturated heterocycles. The largest absolute Gasteiger partial charge is 0.462 e. The molecule has 0 unspecified atom stereocenters. The van der Waals surface area contributed by atoms with E-state index in [-0.39, 0.29) is 46.5 Å².